The Morgan fingerprint density at radius 1 is 1.19 bits per heavy atom. The van der Waals surface area contributed by atoms with E-state index in [2.05, 4.69) is 25.2 Å². The van der Waals surface area contributed by atoms with E-state index in [1.54, 1.807) is 37.7 Å². The van der Waals surface area contributed by atoms with Crippen LogP contribution in [0.1, 0.15) is 22.5 Å². The number of aromatic nitrogens is 4. The van der Waals surface area contributed by atoms with Gasteiger partial charge in [-0.3, -0.25) is 15.1 Å². The Morgan fingerprint density at radius 3 is 2.81 bits per heavy atom. The lowest BCUT2D eigenvalue weighted by atomic mass is 9.85. The number of thiazole rings is 1. The van der Waals surface area contributed by atoms with Gasteiger partial charge in [-0.25, -0.2) is 9.97 Å². The van der Waals surface area contributed by atoms with Crippen molar-refractivity contribution in [3.63, 3.8) is 0 Å². The summed E-state index contributed by atoms with van der Waals surface area (Å²) < 4.78 is 10.9. The highest BCUT2D eigenvalue weighted by atomic mass is 35.5. The third kappa shape index (κ3) is 4.15. The van der Waals surface area contributed by atoms with Crippen LogP contribution in [0.25, 0.3) is 21.6 Å². The molecule has 2 fully saturated rings. The molecule has 1 spiro atoms. The number of anilines is 2. The number of carbonyl (C=O) groups is 1. The van der Waals surface area contributed by atoms with Crippen LogP contribution < -0.4 is 15.0 Å². The van der Waals surface area contributed by atoms with Gasteiger partial charge in [0.15, 0.2) is 15.6 Å². The van der Waals surface area contributed by atoms with E-state index in [9.17, 15) is 4.79 Å². The first-order valence-electron chi connectivity index (χ1n) is 11.5. The molecule has 0 atom stereocenters. The number of pyridine rings is 1. The van der Waals surface area contributed by atoms with E-state index in [0.717, 1.165) is 44.2 Å². The minimum atomic E-state index is -0.342. The van der Waals surface area contributed by atoms with Gasteiger partial charge in [-0.05, 0) is 37.6 Å². The van der Waals surface area contributed by atoms with Gasteiger partial charge in [-0.1, -0.05) is 22.9 Å². The molecular formula is C25H23ClN6O3S. The molecule has 0 bridgehead atoms. The molecule has 2 saturated heterocycles. The van der Waals surface area contributed by atoms with Crippen molar-refractivity contribution in [1.29, 1.82) is 0 Å². The summed E-state index contributed by atoms with van der Waals surface area (Å²) in [5.41, 5.74) is 3.28. The van der Waals surface area contributed by atoms with Crippen LogP contribution in [0.15, 0.2) is 36.7 Å². The highest BCUT2D eigenvalue weighted by Gasteiger charge is 2.44. The second kappa shape index (κ2) is 8.95. The van der Waals surface area contributed by atoms with Crippen molar-refractivity contribution >= 4 is 50.3 Å². The zero-order valence-electron chi connectivity index (χ0n) is 19.7. The summed E-state index contributed by atoms with van der Waals surface area (Å²) in [5, 5.41) is 3.85. The molecule has 36 heavy (non-hydrogen) atoms. The maximum absolute atomic E-state index is 13.3. The van der Waals surface area contributed by atoms with Crippen LogP contribution in [0.3, 0.4) is 0 Å². The average Bonchev–Trinajstić information content (AvgIpc) is 3.48. The van der Waals surface area contributed by atoms with Crippen LogP contribution >= 0.6 is 22.9 Å². The number of aryl methyl sites for hydroxylation is 1. The standard InChI is InChI=1S/C25H23ClN6O3S/c1-14-7-16(17-8-15(26)3-4-19(17)34-2)18(9-27-14)22(33)31-24-30-21-23(36-24)29-20(10-28-21)32-6-5-25(11-32)12-35-13-25/h3-4,7-10H,5-6,11-13H2,1-2H3,(H,28,30,31,33). The number of nitrogens with one attached hydrogen (secondary N) is 1. The van der Waals surface area contributed by atoms with E-state index in [1.807, 2.05) is 13.0 Å². The summed E-state index contributed by atoms with van der Waals surface area (Å²) in [5.74, 6) is 1.09. The Kier molecular flexibility index (Phi) is 5.74. The van der Waals surface area contributed by atoms with Crippen LogP contribution in [0.4, 0.5) is 10.9 Å². The van der Waals surface area contributed by atoms with E-state index in [1.165, 1.54) is 11.3 Å². The minimum absolute atomic E-state index is 0.259. The Labute approximate surface area is 216 Å². The first kappa shape index (κ1) is 23.1. The van der Waals surface area contributed by atoms with Gasteiger partial charge in [0.25, 0.3) is 5.91 Å². The molecule has 2 aliphatic rings. The molecule has 6 rings (SSSR count). The third-order valence-electron chi connectivity index (χ3n) is 6.65. The van der Waals surface area contributed by atoms with Crippen LogP contribution in [0.2, 0.25) is 5.02 Å². The number of hydrogen-bond donors (Lipinski definition) is 1. The molecule has 4 aromatic rings. The molecule has 2 aliphatic heterocycles. The van der Waals surface area contributed by atoms with Crippen molar-refractivity contribution in [2.45, 2.75) is 13.3 Å². The van der Waals surface area contributed by atoms with Gasteiger partial charge in [0.1, 0.15) is 11.6 Å². The SMILES string of the molecule is COc1ccc(Cl)cc1-c1cc(C)ncc1C(=O)Nc1nc2ncc(N3CCC4(COC4)C3)nc2s1. The molecule has 11 heteroatoms. The monoisotopic (exact) mass is 522 g/mol. The fourth-order valence-corrected chi connectivity index (χ4v) is 5.65. The van der Waals surface area contributed by atoms with Gasteiger partial charge in [-0.2, -0.15) is 4.98 Å². The molecule has 0 aliphatic carbocycles. The predicted octanol–water partition coefficient (Wildman–Crippen LogP) is 4.60. The lowest BCUT2D eigenvalue weighted by Crippen LogP contribution is -2.44. The second-order valence-electron chi connectivity index (χ2n) is 9.21. The van der Waals surface area contributed by atoms with Crippen LogP contribution in [-0.2, 0) is 4.74 Å². The van der Waals surface area contributed by atoms with Gasteiger partial charge in [0.05, 0.1) is 32.1 Å². The van der Waals surface area contributed by atoms with E-state index < -0.39 is 0 Å². The highest BCUT2D eigenvalue weighted by Crippen LogP contribution is 2.39. The lowest BCUT2D eigenvalue weighted by Gasteiger charge is -2.37. The van der Waals surface area contributed by atoms with Crippen molar-refractivity contribution in [1.82, 2.24) is 19.9 Å². The number of amides is 1. The summed E-state index contributed by atoms with van der Waals surface area (Å²) in [6.07, 6.45) is 4.40. The number of hydrogen-bond acceptors (Lipinski definition) is 9. The Bertz CT molecular complexity index is 1490. The number of nitrogens with zero attached hydrogens (tertiary/aromatic N) is 5. The van der Waals surface area contributed by atoms with Gasteiger partial charge in [0, 0.05) is 46.5 Å². The van der Waals surface area contributed by atoms with Crippen molar-refractivity contribution in [3.05, 3.63) is 52.9 Å². The van der Waals surface area contributed by atoms with E-state index >= 15 is 0 Å². The molecule has 1 amide bonds. The summed E-state index contributed by atoms with van der Waals surface area (Å²) in [4.78, 5) is 34.4. The largest absolute Gasteiger partial charge is 0.496 e. The molecule has 0 saturated carbocycles. The zero-order valence-corrected chi connectivity index (χ0v) is 21.3. The summed E-state index contributed by atoms with van der Waals surface area (Å²) in [7, 11) is 1.58. The molecule has 0 radical (unpaired) electrons. The third-order valence-corrected chi connectivity index (χ3v) is 7.74. The molecule has 5 heterocycles. The van der Waals surface area contributed by atoms with E-state index in [-0.39, 0.29) is 11.3 Å². The van der Waals surface area contributed by atoms with E-state index in [4.69, 9.17) is 26.1 Å². The number of methoxy groups -OCH3 is 1. The smallest absolute Gasteiger partial charge is 0.259 e. The van der Waals surface area contributed by atoms with E-state index in [0.29, 0.717) is 43.1 Å². The lowest BCUT2D eigenvalue weighted by molar-refractivity contribution is -0.0985. The number of halogens is 1. The highest BCUT2D eigenvalue weighted by molar-refractivity contribution is 7.21. The zero-order chi connectivity index (χ0) is 24.9. The molecular weight excluding hydrogens is 500 g/mol. The molecule has 1 aromatic carbocycles. The molecule has 3 aromatic heterocycles. The number of fused-ring (bicyclic) bond motifs is 1. The van der Waals surface area contributed by atoms with Gasteiger partial charge in [0.2, 0.25) is 0 Å². The fourth-order valence-electron chi connectivity index (χ4n) is 4.69. The Balaban J connectivity index is 1.28. The Morgan fingerprint density at radius 2 is 2.06 bits per heavy atom. The predicted molar refractivity (Wildman–Crippen MR) is 139 cm³/mol. The van der Waals surface area contributed by atoms with Crippen LogP contribution in [0, 0.1) is 12.3 Å². The van der Waals surface area contributed by atoms with Gasteiger partial charge in [-0.15, -0.1) is 0 Å². The quantitative estimate of drug-likeness (QED) is 0.406. The topological polar surface area (TPSA) is 102 Å². The van der Waals surface area contributed by atoms with Gasteiger partial charge < -0.3 is 14.4 Å². The molecule has 0 unspecified atom stereocenters. The normalized spacial score (nSPS) is 16.4. The number of ether oxygens (including phenoxy) is 2. The molecule has 184 valence electrons. The first-order chi connectivity index (χ1) is 17.4. The maximum atomic E-state index is 13.3. The second-order valence-corrected chi connectivity index (χ2v) is 10.6. The number of carbonyl (C=O) groups excluding carboxylic acids is 1. The number of benzene rings is 1. The molecule has 1 N–H and O–H groups in total. The summed E-state index contributed by atoms with van der Waals surface area (Å²) in [6, 6.07) is 7.14. The van der Waals surface area contributed by atoms with Gasteiger partial charge >= 0.3 is 0 Å². The molecule has 9 nitrogen and oxygen atoms in total. The van der Waals surface area contributed by atoms with Crippen molar-refractivity contribution in [2.75, 3.05) is 43.6 Å². The summed E-state index contributed by atoms with van der Waals surface area (Å²) in [6.45, 7) is 5.35. The fraction of sp³-hybridized carbons (Fsp3) is 0.320. The van der Waals surface area contributed by atoms with Crippen molar-refractivity contribution < 1.29 is 14.3 Å². The summed E-state index contributed by atoms with van der Waals surface area (Å²) >= 11 is 7.55. The number of rotatable bonds is 5. The maximum Gasteiger partial charge on any atom is 0.259 e. The average molecular weight is 523 g/mol. The van der Waals surface area contributed by atoms with Crippen LogP contribution in [-0.4, -0.2) is 59.3 Å². The first-order valence-corrected chi connectivity index (χ1v) is 12.7. The minimum Gasteiger partial charge on any atom is -0.496 e. The van der Waals surface area contributed by atoms with Crippen LogP contribution in [0.5, 0.6) is 5.75 Å². The van der Waals surface area contributed by atoms with Crippen molar-refractivity contribution in [3.8, 4) is 16.9 Å². The Hall–Kier alpha value is -3.34. The van der Waals surface area contributed by atoms with Crippen molar-refractivity contribution in [2.24, 2.45) is 5.41 Å².